The zero-order valence-electron chi connectivity index (χ0n) is 5.05. The van der Waals surface area contributed by atoms with E-state index in [1.807, 2.05) is 13.0 Å². The zero-order valence-corrected chi connectivity index (χ0v) is 5.05. The van der Waals surface area contributed by atoms with Gasteiger partial charge in [-0.1, -0.05) is 0 Å². The maximum Gasteiger partial charge on any atom is 0.0591 e. The average molecular weight is 114 g/mol. The summed E-state index contributed by atoms with van der Waals surface area (Å²) in [5.74, 6) is 0. The molecule has 0 saturated heterocycles. The summed E-state index contributed by atoms with van der Waals surface area (Å²) in [6.07, 6.45) is 1.80. The molecule has 1 aromatic rings. The molecule has 0 fully saturated rings. The van der Waals surface area contributed by atoms with E-state index in [4.69, 9.17) is 5.11 Å². The van der Waals surface area contributed by atoms with Crippen molar-refractivity contribution in [2.45, 2.75) is 6.92 Å². The summed E-state index contributed by atoms with van der Waals surface area (Å²) >= 11 is 0. The van der Waals surface area contributed by atoms with Crippen LogP contribution in [0.4, 0.5) is 0 Å². The first-order chi connectivity index (χ1) is 3.89. The molecule has 1 rings (SSSR count). The van der Waals surface area contributed by atoms with Crippen LogP contribution in [-0.2, 0) is 0 Å². The predicted octanol–water partition coefficient (Wildman–Crippen LogP) is 0.327. The van der Waals surface area contributed by atoms with Crippen molar-refractivity contribution in [2.24, 2.45) is 0 Å². The first-order valence-corrected chi connectivity index (χ1v) is 2.31. The van der Waals surface area contributed by atoms with Crippen LogP contribution in [0, 0.1) is 6.92 Å². The number of H-pyrrole nitrogens is 1. The summed E-state index contributed by atoms with van der Waals surface area (Å²) in [7, 11) is 1.00. The van der Waals surface area contributed by atoms with E-state index in [2.05, 4.69) is 10.2 Å². The van der Waals surface area contributed by atoms with Gasteiger partial charge in [0, 0.05) is 13.3 Å². The van der Waals surface area contributed by atoms with Gasteiger partial charge in [-0.3, -0.25) is 5.10 Å². The lowest BCUT2D eigenvalue weighted by molar-refractivity contribution is 0.399. The third kappa shape index (κ3) is 2.36. The summed E-state index contributed by atoms with van der Waals surface area (Å²) in [4.78, 5) is 0. The number of aryl methyl sites for hydroxylation is 1. The zero-order chi connectivity index (χ0) is 6.41. The Morgan fingerprint density at radius 2 is 2.25 bits per heavy atom. The van der Waals surface area contributed by atoms with E-state index in [-0.39, 0.29) is 0 Å². The SMILES string of the molecule is CO.Cc1cc[nH]n1. The Bertz CT molecular complexity index is 114. The molecular weight excluding hydrogens is 104 g/mol. The van der Waals surface area contributed by atoms with Gasteiger partial charge in [0.15, 0.2) is 0 Å². The monoisotopic (exact) mass is 114 g/mol. The number of aliphatic hydroxyl groups excluding tert-OH is 1. The Hall–Kier alpha value is -0.830. The van der Waals surface area contributed by atoms with Gasteiger partial charge < -0.3 is 5.11 Å². The van der Waals surface area contributed by atoms with Crippen molar-refractivity contribution in [2.75, 3.05) is 7.11 Å². The van der Waals surface area contributed by atoms with Crippen molar-refractivity contribution >= 4 is 0 Å². The number of hydrogen-bond acceptors (Lipinski definition) is 2. The van der Waals surface area contributed by atoms with Gasteiger partial charge in [0.2, 0.25) is 0 Å². The van der Waals surface area contributed by atoms with E-state index in [9.17, 15) is 0 Å². The van der Waals surface area contributed by atoms with E-state index in [1.54, 1.807) is 6.20 Å². The lowest BCUT2D eigenvalue weighted by atomic mass is 10.5. The first-order valence-electron chi connectivity index (χ1n) is 2.31. The molecule has 3 heteroatoms. The minimum atomic E-state index is 1.00. The maximum absolute atomic E-state index is 7.00. The molecule has 0 atom stereocenters. The Balaban J connectivity index is 0.000000222. The summed E-state index contributed by atoms with van der Waals surface area (Å²) in [6, 6.07) is 1.92. The van der Waals surface area contributed by atoms with E-state index >= 15 is 0 Å². The minimum Gasteiger partial charge on any atom is -0.400 e. The molecule has 3 nitrogen and oxygen atoms in total. The molecule has 46 valence electrons. The molecule has 0 spiro atoms. The van der Waals surface area contributed by atoms with Gasteiger partial charge in [0.05, 0.1) is 5.69 Å². The van der Waals surface area contributed by atoms with Gasteiger partial charge in [-0.2, -0.15) is 5.10 Å². The smallest absolute Gasteiger partial charge is 0.0591 e. The van der Waals surface area contributed by atoms with Crippen molar-refractivity contribution in [1.29, 1.82) is 0 Å². The summed E-state index contributed by atoms with van der Waals surface area (Å²) in [6.45, 7) is 1.94. The molecule has 0 amide bonds. The fraction of sp³-hybridized carbons (Fsp3) is 0.400. The highest BCUT2D eigenvalue weighted by Gasteiger charge is 1.74. The molecule has 8 heavy (non-hydrogen) atoms. The van der Waals surface area contributed by atoms with Crippen LogP contribution in [0.15, 0.2) is 12.3 Å². The molecule has 0 aromatic carbocycles. The van der Waals surface area contributed by atoms with Crippen molar-refractivity contribution in [3.8, 4) is 0 Å². The van der Waals surface area contributed by atoms with Crippen LogP contribution in [0.2, 0.25) is 0 Å². The van der Waals surface area contributed by atoms with E-state index in [0.717, 1.165) is 12.8 Å². The average Bonchev–Trinajstić information content (AvgIpc) is 2.24. The predicted molar refractivity (Wildman–Crippen MR) is 31.5 cm³/mol. The van der Waals surface area contributed by atoms with Crippen LogP contribution in [-0.4, -0.2) is 22.4 Å². The van der Waals surface area contributed by atoms with E-state index in [1.165, 1.54) is 0 Å². The second-order valence-electron chi connectivity index (χ2n) is 1.22. The molecule has 2 N–H and O–H groups in total. The van der Waals surface area contributed by atoms with Gasteiger partial charge in [-0.25, -0.2) is 0 Å². The quantitative estimate of drug-likeness (QED) is 0.510. The molecule has 0 aliphatic heterocycles. The van der Waals surface area contributed by atoms with Crippen molar-refractivity contribution in [3.63, 3.8) is 0 Å². The normalized spacial score (nSPS) is 7.38. The third-order valence-corrected chi connectivity index (χ3v) is 0.640. The van der Waals surface area contributed by atoms with Gasteiger partial charge in [0.1, 0.15) is 0 Å². The van der Waals surface area contributed by atoms with Gasteiger partial charge >= 0.3 is 0 Å². The van der Waals surface area contributed by atoms with Crippen LogP contribution in [0.3, 0.4) is 0 Å². The Kier molecular flexibility index (Phi) is 3.88. The molecule has 0 bridgehead atoms. The molecule has 0 unspecified atom stereocenters. The number of rotatable bonds is 0. The third-order valence-electron chi connectivity index (χ3n) is 0.640. The number of nitrogens with one attached hydrogen (secondary N) is 1. The second-order valence-corrected chi connectivity index (χ2v) is 1.22. The highest BCUT2D eigenvalue weighted by molar-refractivity contribution is 4.91. The van der Waals surface area contributed by atoms with Crippen LogP contribution in [0.25, 0.3) is 0 Å². The summed E-state index contributed by atoms with van der Waals surface area (Å²) < 4.78 is 0. The Morgan fingerprint density at radius 1 is 1.62 bits per heavy atom. The molecular formula is C5H10N2O. The van der Waals surface area contributed by atoms with Gasteiger partial charge in [0.25, 0.3) is 0 Å². The van der Waals surface area contributed by atoms with Crippen molar-refractivity contribution < 1.29 is 5.11 Å². The molecule has 1 aromatic heterocycles. The topological polar surface area (TPSA) is 48.9 Å². The van der Waals surface area contributed by atoms with Gasteiger partial charge in [-0.15, -0.1) is 0 Å². The summed E-state index contributed by atoms with van der Waals surface area (Å²) in [5.41, 5.74) is 1.04. The van der Waals surface area contributed by atoms with Crippen LogP contribution in [0.5, 0.6) is 0 Å². The van der Waals surface area contributed by atoms with Crippen molar-refractivity contribution in [3.05, 3.63) is 18.0 Å². The van der Waals surface area contributed by atoms with Crippen LogP contribution < -0.4 is 0 Å². The van der Waals surface area contributed by atoms with E-state index in [0.29, 0.717) is 0 Å². The van der Waals surface area contributed by atoms with Crippen molar-refractivity contribution in [1.82, 2.24) is 10.2 Å². The van der Waals surface area contributed by atoms with Crippen LogP contribution in [0.1, 0.15) is 5.69 Å². The largest absolute Gasteiger partial charge is 0.400 e. The standard InChI is InChI=1S/C4H6N2.CH4O/c1-4-2-3-5-6-4;1-2/h2-3H,1H3,(H,5,6);2H,1H3. The Labute approximate surface area is 48.4 Å². The molecule has 0 aliphatic carbocycles. The molecule has 0 saturated carbocycles. The Morgan fingerprint density at radius 3 is 2.38 bits per heavy atom. The fourth-order valence-electron chi connectivity index (χ4n) is 0.334. The molecule has 0 aliphatic rings. The van der Waals surface area contributed by atoms with E-state index < -0.39 is 0 Å². The number of hydrogen-bond donors (Lipinski definition) is 2. The number of aliphatic hydroxyl groups is 1. The minimum absolute atomic E-state index is 1.00. The molecule has 1 heterocycles. The lowest BCUT2D eigenvalue weighted by Crippen LogP contribution is -1.65. The maximum atomic E-state index is 7.00. The second kappa shape index (κ2) is 4.33. The van der Waals surface area contributed by atoms with Gasteiger partial charge in [-0.05, 0) is 13.0 Å². The number of aromatic nitrogens is 2. The number of aromatic amines is 1. The fourth-order valence-corrected chi connectivity index (χ4v) is 0.334. The number of nitrogens with zero attached hydrogens (tertiary/aromatic N) is 1. The van der Waals surface area contributed by atoms with Crippen LogP contribution >= 0.6 is 0 Å². The first kappa shape index (κ1) is 7.17. The molecule has 0 radical (unpaired) electrons. The lowest BCUT2D eigenvalue weighted by Gasteiger charge is -1.65. The summed E-state index contributed by atoms with van der Waals surface area (Å²) in [5, 5.41) is 13.5. The highest BCUT2D eigenvalue weighted by Crippen LogP contribution is 1.82. The highest BCUT2D eigenvalue weighted by atomic mass is 16.2.